The molecule has 11 rings (SSSR count). The minimum Gasteiger partial charge on any atom is -0.310 e. The van der Waals surface area contributed by atoms with E-state index in [2.05, 4.69) is 175 Å². The van der Waals surface area contributed by atoms with Gasteiger partial charge in [-0.1, -0.05) is 78.9 Å². The fourth-order valence-corrected chi connectivity index (χ4v) is 9.46. The summed E-state index contributed by atoms with van der Waals surface area (Å²) >= 11 is 3.45. The molecule has 0 radical (unpaired) electrons. The monoisotopic (exact) mass is 738 g/mol. The van der Waals surface area contributed by atoms with Gasteiger partial charge in [0, 0.05) is 44.5 Å². The smallest absolute Gasteiger partial charge is 0.124 e. The van der Waals surface area contributed by atoms with Crippen molar-refractivity contribution >= 4 is 92.7 Å². The maximum Gasteiger partial charge on any atom is 0.124 e. The second-order valence-corrected chi connectivity index (χ2v) is 15.8. The maximum absolute atomic E-state index is 5.10. The molecular weight excluding hydrogens is 709 g/mol. The van der Waals surface area contributed by atoms with Crippen LogP contribution < -0.4 is 4.90 Å². The Kier molecular flexibility index (Phi) is 7.50. The molecule has 0 saturated heterocycles. The van der Waals surface area contributed by atoms with Gasteiger partial charge in [0.1, 0.15) is 10.0 Å². The fourth-order valence-electron chi connectivity index (χ4n) is 7.52. The maximum atomic E-state index is 5.10. The summed E-state index contributed by atoms with van der Waals surface area (Å²) in [4.78, 5) is 17.3. The molecule has 0 spiro atoms. The van der Waals surface area contributed by atoms with Crippen molar-refractivity contribution in [2.45, 2.75) is 0 Å². The molecule has 0 atom stereocenters. The van der Waals surface area contributed by atoms with E-state index >= 15 is 0 Å². The Morgan fingerprint density at radius 1 is 0.345 bits per heavy atom. The molecule has 11 aromatic rings. The van der Waals surface area contributed by atoms with Gasteiger partial charge in [0.25, 0.3) is 0 Å². The molecular formula is C49H30N4S2. The van der Waals surface area contributed by atoms with Crippen LogP contribution in [0.15, 0.2) is 182 Å². The molecule has 0 saturated carbocycles. The van der Waals surface area contributed by atoms with E-state index < -0.39 is 0 Å². The summed E-state index contributed by atoms with van der Waals surface area (Å²) in [6.07, 6.45) is 0. The number of aromatic nitrogens is 3. The number of pyridine rings is 1. The molecule has 0 aliphatic heterocycles. The van der Waals surface area contributed by atoms with Crippen LogP contribution in [0.5, 0.6) is 0 Å². The van der Waals surface area contributed by atoms with Gasteiger partial charge in [-0.2, -0.15) is 0 Å². The minimum absolute atomic E-state index is 1.01. The Labute approximate surface area is 325 Å². The largest absolute Gasteiger partial charge is 0.310 e. The van der Waals surface area contributed by atoms with Crippen LogP contribution in [-0.2, 0) is 0 Å². The lowest BCUT2D eigenvalue weighted by Crippen LogP contribution is -2.09. The first kappa shape index (κ1) is 31.8. The van der Waals surface area contributed by atoms with E-state index in [4.69, 9.17) is 15.0 Å². The third-order valence-electron chi connectivity index (χ3n) is 10.3. The summed E-state index contributed by atoms with van der Waals surface area (Å²) in [5.41, 5.74) is 11.8. The van der Waals surface area contributed by atoms with Gasteiger partial charge < -0.3 is 4.90 Å². The van der Waals surface area contributed by atoms with E-state index in [1.165, 1.54) is 20.2 Å². The quantitative estimate of drug-likeness (QED) is 0.159. The zero-order valence-corrected chi connectivity index (χ0v) is 31.1. The third kappa shape index (κ3) is 5.71. The first-order valence-electron chi connectivity index (χ1n) is 18.3. The summed E-state index contributed by atoms with van der Waals surface area (Å²) < 4.78 is 2.39. The standard InChI is InChI=1S/C49H30N4S2/c1-2-11-42-36(8-1)29-37-9-7-10-41(47(37)50-42)35-17-16-34-30-40(27-22-33(34)28-35)53(38-23-18-31(19-24-38)48-51-43-12-3-5-14-45(43)54-48)39-25-20-32(21-26-39)49-52-44-13-4-6-15-46(44)55-49/h1-30H. The lowest BCUT2D eigenvalue weighted by atomic mass is 9.98. The highest BCUT2D eigenvalue weighted by atomic mass is 32.1. The number of hydrogen-bond acceptors (Lipinski definition) is 6. The number of anilines is 3. The molecule has 0 amide bonds. The topological polar surface area (TPSA) is 41.9 Å². The number of benzene rings is 8. The van der Waals surface area contributed by atoms with Crippen molar-refractivity contribution in [3.05, 3.63) is 182 Å². The van der Waals surface area contributed by atoms with Crippen molar-refractivity contribution in [2.75, 3.05) is 4.90 Å². The van der Waals surface area contributed by atoms with Crippen LogP contribution in [0.4, 0.5) is 17.1 Å². The van der Waals surface area contributed by atoms with Crippen molar-refractivity contribution in [3.8, 4) is 32.3 Å². The van der Waals surface area contributed by atoms with Gasteiger partial charge in [-0.05, 0) is 119 Å². The summed E-state index contributed by atoms with van der Waals surface area (Å²) in [5.74, 6) is 0. The fraction of sp³-hybridized carbons (Fsp3) is 0. The van der Waals surface area contributed by atoms with Crippen LogP contribution in [0.2, 0.25) is 0 Å². The van der Waals surface area contributed by atoms with Gasteiger partial charge in [-0.15, -0.1) is 22.7 Å². The highest BCUT2D eigenvalue weighted by Gasteiger charge is 2.16. The Morgan fingerprint density at radius 3 is 1.53 bits per heavy atom. The number of hydrogen-bond donors (Lipinski definition) is 0. The normalized spacial score (nSPS) is 11.6. The number of thiazole rings is 2. The van der Waals surface area contributed by atoms with Crippen LogP contribution in [0.3, 0.4) is 0 Å². The SMILES string of the molecule is c1ccc2nc3c(-c4ccc5cc(N(c6ccc(-c7nc8ccccc8s7)cc6)c6ccc(-c7nc8ccccc8s7)cc6)ccc5c4)cccc3cc2c1. The summed E-state index contributed by atoms with van der Waals surface area (Å²) in [6, 6.07) is 64.7. The van der Waals surface area contributed by atoms with Gasteiger partial charge in [-0.3, -0.25) is 0 Å². The van der Waals surface area contributed by atoms with E-state index in [0.29, 0.717) is 0 Å². The summed E-state index contributed by atoms with van der Waals surface area (Å²) in [5, 5.41) is 6.69. The Hall–Kier alpha value is -6.73. The predicted octanol–water partition coefficient (Wildman–Crippen LogP) is 14.2. The van der Waals surface area contributed by atoms with Crippen molar-refractivity contribution < 1.29 is 0 Å². The van der Waals surface area contributed by atoms with Crippen LogP contribution >= 0.6 is 22.7 Å². The molecule has 0 bridgehead atoms. The number of fused-ring (bicyclic) bond motifs is 5. The summed E-state index contributed by atoms with van der Waals surface area (Å²) in [7, 11) is 0. The Balaban J connectivity index is 0.988. The van der Waals surface area contributed by atoms with Crippen molar-refractivity contribution in [3.63, 3.8) is 0 Å². The first-order valence-corrected chi connectivity index (χ1v) is 19.9. The molecule has 0 aliphatic carbocycles. The minimum atomic E-state index is 1.01. The average molecular weight is 739 g/mol. The Morgan fingerprint density at radius 2 is 0.873 bits per heavy atom. The number of rotatable bonds is 6. The van der Waals surface area contributed by atoms with Gasteiger partial charge in [0.05, 0.1) is 31.5 Å². The molecule has 4 nitrogen and oxygen atoms in total. The van der Waals surface area contributed by atoms with Crippen LogP contribution in [-0.4, -0.2) is 15.0 Å². The predicted molar refractivity (Wildman–Crippen MR) is 234 cm³/mol. The number of para-hydroxylation sites is 4. The molecule has 0 fully saturated rings. The van der Waals surface area contributed by atoms with Gasteiger partial charge >= 0.3 is 0 Å². The second-order valence-electron chi connectivity index (χ2n) is 13.7. The Bertz CT molecular complexity index is 3030. The van der Waals surface area contributed by atoms with Gasteiger partial charge in [-0.25, -0.2) is 15.0 Å². The van der Waals surface area contributed by atoms with Gasteiger partial charge in [0.15, 0.2) is 0 Å². The third-order valence-corrected chi connectivity index (χ3v) is 12.4. The van der Waals surface area contributed by atoms with Gasteiger partial charge in [0.2, 0.25) is 0 Å². The zero-order chi connectivity index (χ0) is 36.3. The zero-order valence-electron chi connectivity index (χ0n) is 29.4. The molecule has 3 heterocycles. The van der Waals surface area contributed by atoms with Crippen molar-refractivity contribution in [2.24, 2.45) is 0 Å². The van der Waals surface area contributed by atoms with Crippen molar-refractivity contribution in [1.82, 2.24) is 15.0 Å². The molecule has 8 aromatic carbocycles. The molecule has 0 N–H and O–H groups in total. The molecule has 3 aromatic heterocycles. The highest BCUT2D eigenvalue weighted by molar-refractivity contribution is 7.22. The van der Waals surface area contributed by atoms with E-state index in [1.807, 2.05) is 12.1 Å². The van der Waals surface area contributed by atoms with Crippen LogP contribution in [0.1, 0.15) is 0 Å². The molecule has 6 heteroatoms. The lowest BCUT2D eigenvalue weighted by molar-refractivity contribution is 1.29. The van der Waals surface area contributed by atoms with E-state index in [9.17, 15) is 0 Å². The second kappa shape index (κ2) is 13.0. The molecule has 55 heavy (non-hydrogen) atoms. The van der Waals surface area contributed by atoms with E-state index in [0.717, 1.165) is 82.2 Å². The lowest BCUT2D eigenvalue weighted by Gasteiger charge is -2.26. The highest BCUT2D eigenvalue weighted by Crippen LogP contribution is 2.40. The molecule has 0 aliphatic rings. The molecule has 258 valence electrons. The summed E-state index contributed by atoms with van der Waals surface area (Å²) in [6.45, 7) is 0. The molecule has 0 unspecified atom stereocenters. The van der Waals surface area contributed by atoms with Crippen molar-refractivity contribution in [1.29, 1.82) is 0 Å². The number of nitrogens with zero attached hydrogens (tertiary/aromatic N) is 4. The van der Waals surface area contributed by atoms with E-state index in [-0.39, 0.29) is 0 Å². The van der Waals surface area contributed by atoms with Crippen LogP contribution in [0, 0.1) is 0 Å². The average Bonchev–Trinajstić information content (AvgIpc) is 3.88. The van der Waals surface area contributed by atoms with Crippen LogP contribution in [0.25, 0.3) is 85.3 Å². The van der Waals surface area contributed by atoms with E-state index in [1.54, 1.807) is 22.7 Å². The first-order chi connectivity index (χ1) is 27.2.